The molecule has 0 aliphatic carbocycles. The Labute approximate surface area is 213 Å². The number of phosphoric acid groups is 1. The van der Waals surface area contributed by atoms with Gasteiger partial charge < -0.3 is 34.5 Å². The van der Waals surface area contributed by atoms with Crippen molar-refractivity contribution in [1.82, 2.24) is 19.5 Å². The molecule has 2 aliphatic heterocycles. The van der Waals surface area contributed by atoms with Crippen molar-refractivity contribution >= 4 is 36.6 Å². The molecule has 14 nitrogen and oxygen atoms in total. The van der Waals surface area contributed by atoms with Gasteiger partial charge in [-0.1, -0.05) is 12.1 Å². The molecule has 34 heavy (non-hydrogen) atoms. The van der Waals surface area contributed by atoms with Gasteiger partial charge in [-0.2, -0.15) is 4.98 Å². The van der Waals surface area contributed by atoms with Crippen molar-refractivity contribution in [2.75, 3.05) is 24.7 Å². The van der Waals surface area contributed by atoms with Gasteiger partial charge in [0.15, 0.2) is 23.5 Å². The number of hydrogen-bond acceptors (Lipinski definition) is 12. The molecule has 5 unspecified atom stereocenters. The number of imidazole rings is 1. The zero-order valence-corrected chi connectivity index (χ0v) is 20.9. The Bertz CT molecular complexity index is 1350. The first-order valence-corrected chi connectivity index (χ1v) is 11.2. The smallest absolute Gasteiger partial charge is 0.756 e. The summed E-state index contributed by atoms with van der Waals surface area (Å²) < 4.78 is 34.8. The molecule has 16 heteroatoms. The SMILES string of the molecule is CNc1ccccc1C(=O)OC1C2OP(=O)([O-])OCC2OC1n1cnc2c(=O)[nH]c(N)nc21.[Na+]. The van der Waals surface area contributed by atoms with E-state index in [0.717, 1.165) is 0 Å². The number of benzene rings is 1. The molecule has 1 aromatic carbocycles. The van der Waals surface area contributed by atoms with Gasteiger partial charge in [0.1, 0.15) is 12.2 Å². The Morgan fingerprint density at radius 3 is 2.94 bits per heavy atom. The monoisotopic (exact) mass is 500 g/mol. The van der Waals surface area contributed by atoms with Crippen molar-refractivity contribution in [2.45, 2.75) is 24.5 Å². The van der Waals surface area contributed by atoms with Gasteiger partial charge in [-0.3, -0.25) is 18.9 Å². The summed E-state index contributed by atoms with van der Waals surface area (Å²) in [4.78, 5) is 47.6. The van der Waals surface area contributed by atoms with Gasteiger partial charge in [0.2, 0.25) is 5.95 Å². The number of carbonyl (C=O) groups is 1. The molecular weight excluding hydrogens is 482 g/mol. The number of aromatic nitrogens is 4. The van der Waals surface area contributed by atoms with Crippen LogP contribution in [0.15, 0.2) is 35.4 Å². The van der Waals surface area contributed by atoms with Crippen molar-refractivity contribution < 1.29 is 62.3 Å². The fourth-order valence-corrected chi connectivity index (χ4v) is 4.80. The van der Waals surface area contributed by atoms with E-state index in [1.807, 2.05) is 0 Å². The minimum atomic E-state index is -4.64. The summed E-state index contributed by atoms with van der Waals surface area (Å²) in [7, 11) is -3.00. The van der Waals surface area contributed by atoms with Crippen molar-refractivity contribution in [3.63, 3.8) is 0 Å². The molecule has 3 aromatic rings. The predicted octanol–water partition coefficient (Wildman–Crippen LogP) is -3.25. The Balaban J connectivity index is 0.00000274. The number of anilines is 2. The minimum Gasteiger partial charge on any atom is -0.756 e. The number of nitrogens with two attached hydrogens (primary N) is 1. The summed E-state index contributed by atoms with van der Waals surface area (Å²) in [6.07, 6.45) is -3.21. The Hall–Kier alpha value is -2.29. The Morgan fingerprint density at radius 2 is 2.18 bits per heavy atom. The topological polar surface area (TPSA) is 196 Å². The molecule has 0 bridgehead atoms. The van der Waals surface area contributed by atoms with E-state index in [1.165, 1.54) is 10.9 Å². The van der Waals surface area contributed by atoms with Gasteiger partial charge >= 0.3 is 35.5 Å². The van der Waals surface area contributed by atoms with Crippen LogP contribution in [0.1, 0.15) is 16.6 Å². The summed E-state index contributed by atoms with van der Waals surface area (Å²) in [5.41, 5.74) is 5.84. The summed E-state index contributed by atoms with van der Waals surface area (Å²) in [6.45, 7) is -0.341. The average molecular weight is 500 g/mol. The molecule has 2 saturated heterocycles. The van der Waals surface area contributed by atoms with Crippen LogP contribution in [0.4, 0.5) is 11.6 Å². The molecule has 174 valence electrons. The quantitative estimate of drug-likeness (QED) is 0.184. The number of nitrogens with one attached hydrogen (secondary N) is 2. The second-order valence-electron chi connectivity index (χ2n) is 7.32. The molecule has 0 radical (unpaired) electrons. The van der Waals surface area contributed by atoms with Crippen LogP contribution in [-0.2, 0) is 23.1 Å². The fraction of sp³-hybridized carbons (Fsp3) is 0.333. The molecule has 0 saturated carbocycles. The van der Waals surface area contributed by atoms with Gasteiger partial charge in [-0.25, -0.2) is 9.78 Å². The second kappa shape index (κ2) is 9.40. The van der Waals surface area contributed by atoms with Crippen LogP contribution in [0.3, 0.4) is 0 Å². The van der Waals surface area contributed by atoms with Crippen LogP contribution in [0, 0.1) is 0 Å². The number of esters is 1. The van der Waals surface area contributed by atoms with Crippen LogP contribution >= 0.6 is 7.82 Å². The average Bonchev–Trinajstić information content (AvgIpc) is 3.34. The molecule has 0 amide bonds. The molecule has 2 aliphatic rings. The number of carbonyl (C=O) groups excluding carboxylic acids is 1. The van der Waals surface area contributed by atoms with Crippen molar-refractivity contribution in [2.24, 2.45) is 0 Å². The van der Waals surface area contributed by atoms with Crippen LogP contribution in [-0.4, -0.2) is 57.5 Å². The number of nitrogen functional groups attached to an aromatic ring is 1. The minimum absolute atomic E-state index is 0. The third kappa shape index (κ3) is 4.39. The van der Waals surface area contributed by atoms with Crippen LogP contribution in [0.25, 0.3) is 11.2 Å². The molecule has 0 spiro atoms. The molecular formula is C18H18N6NaO8P. The Morgan fingerprint density at radius 1 is 1.41 bits per heavy atom. The first kappa shape index (κ1) is 24.8. The summed E-state index contributed by atoms with van der Waals surface area (Å²) >= 11 is 0. The number of hydrogen-bond donors (Lipinski definition) is 3. The Kier molecular flexibility index (Phi) is 6.86. The fourth-order valence-electron chi connectivity index (χ4n) is 3.86. The molecule has 2 aromatic heterocycles. The number of ether oxygens (including phenoxy) is 2. The first-order chi connectivity index (χ1) is 15.8. The third-order valence-corrected chi connectivity index (χ3v) is 6.28. The van der Waals surface area contributed by atoms with Gasteiger partial charge in [-0.15, -0.1) is 0 Å². The summed E-state index contributed by atoms with van der Waals surface area (Å²) in [5, 5.41) is 2.89. The van der Waals surface area contributed by atoms with Crippen molar-refractivity contribution in [3.05, 3.63) is 46.5 Å². The number of H-pyrrole nitrogens is 1. The van der Waals surface area contributed by atoms with Crippen molar-refractivity contribution in [1.29, 1.82) is 0 Å². The first-order valence-electron chi connectivity index (χ1n) is 9.77. The van der Waals surface area contributed by atoms with E-state index in [4.69, 9.17) is 24.3 Å². The number of para-hydroxylation sites is 1. The van der Waals surface area contributed by atoms with E-state index in [9.17, 15) is 19.0 Å². The van der Waals surface area contributed by atoms with E-state index in [-0.39, 0.29) is 58.8 Å². The third-order valence-electron chi connectivity index (χ3n) is 5.32. The van der Waals surface area contributed by atoms with E-state index in [1.54, 1.807) is 31.3 Å². The number of aromatic amines is 1. The maximum absolute atomic E-state index is 13.0. The van der Waals surface area contributed by atoms with Gasteiger partial charge in [-0.05, 0) is 12.1 Å². The van der Waals surface area contributed by atoms with E-state index < -0.39 is 43.9 Å². The number of nitrogens with zero attached hydrogens (tertiary/aromatic N) is 3. The van der Waals surface area contributed by atoms with Gasteiger partial charge in [0.05, 0.1) is 18.5 Å². The zero-order valence-electron chi connectivity index (χ0n) is 18.0. The summed E-state index contributed by atoms with van der Waals surface area (Å²) in [6, 6.07) is 6.62. The number of fused-ring (bicyclic) bond motifs is 2. The largest absolute Gasteiger partial charge is 1.00 e. The van der Waals surface area contributed by atoms with Crippen LogP contribution in [0.2, 0.25) is 0 Å². The normalized spacial score (nSPS) is 28.2. The van der Waals surface area contributed by atoms with E-state index in [2.05, 4.69) is 20.3 Å². The number of phosphoric ester groups is 1. The molecule has 5 rings (SSSR count). The maximum atomic E-state index is 13.0. The summed E-state index contributed by atoms with van der Waals surface area (Å²) in [5.74, 6) is -0.908. The standard InChI is InChI=1S/C18H19N6O8P.Na/c1-20-9-5-3-2-4-8(9)17(26)31-13-12-10(6-29-33(27,28)32-12)30-16(13)24-7-21-11-14(24)22-18(19)23-15(11)25;/h2-5,7,10,12-13,16,20H,6H2,1H3,(H,27,28)(H3,19,22,23,25);/q;+1/p-1. The van der Waals surface area contributed by atoms with E-state index >= 15 is 0 Å². The van der Waals surface area contributed by atoms with E-state index in [0.29, 0.717) is 5.69 Å². The van der Waals surface area contributed by atoms with Crippen LogP contribution < -0.4 is 51.1 Å². The molecule has 5 atom stereocenters. The molecule has 2 fully saturated rings. The van der Waals surface area contributed by atoms with Crippen LogP contribution in [0.5, 0.6) is 0 Å². The predicted molar refractivity (Wildman–Crippen MR) is 110 cm³/mol. The zero-order chi connectivity index (χ0) is 23.3. The number of rotatable bonds is 4. The molecule has 4 heterocycles. The second-order valence-corrected chi connectivity index (χ2v) is 8.68. The maximum Gasteiger partial charge on any atom is 1.00 e. The van der Waals surface area contributed by atoms with Gasteiger partial charge in [0, 0.05) is 12.7 Å². The van der Waals surface area contributed by atoms with Crippen molar-refractivity contribution in [3.8, 4) is 0 Å². The molecule has 4 N–H and O–H groups in total. The van der Waals surface area contributed by atoms with Gasteiger partial charge in [0.25, 0.3) is 13.4 Å².